The van der Waals surface area contributed by atoms with Crippen LogP contribution in [0.15, 0.2) is 34.2 Å². The normalized spacial score (nSPS) is 15.5. The third-order valence-electron chi connectivity index (χ3n) is 1.70. The Hall–Kier alpha value is -0.760. The Bertz CT molecular complexity index is 304. The standard InChI is InChI=1S/C9H9NS/c1-7-10-6-8-4-2-3-5-9(8)11-7/h2-5H,6H2,1H3. The van der Waals surface area contributed by atoms with Crippen molar-refractivity contribution in [1.82, 2.24) is 0 Å². The number of hydrogen-bond acceptors (Lipinski definition) is 2. The molecule has 1 aromatic carbocycles. The zero-order chi connectivity index (χ0) is 7.68. The van der Waals surface area contributed by atoms with Gasteiger partial charge in [-0.15, -0.1) is 0 Å². The highest BCUT2D eigenvalue weighted by Gasteiger charge is 2.07. The summed E-state index contributed by atoms with van der Waals surface area (Å²) in [5, 5.41) is 1.17. The summed E-state index contributed by atoms with van der Waals surface area (Å²) in [6, 6.07) is 8.43. The number of rotatable bonds is 0. The molecule has 0 radical (unpaired) electrons. The highest BCUT2D eigenvalue weighted by Crippen LogP contribution is 2.28. The zero-order valence-electron chi connectivity index (χ0n) is 6.37. The van der Waals surface area contributed by atoms with E-state index in [0.717, 1.165) is 6.54 Å². The highest BCUT2D eigenvalue weighted by molar-refractivity contribution is 8.14. The quantitative estimate of drug-likeness (QED) is 0.573. The molecule has 0 aromatic heterocycles. The summed E-state index contributed by atoms with van der Waals surface area (Å²) in [5.74, 6) is 0. The molecule has 0 saturated carbocycles. The minimum atomic E-state index is 0.856. The molecule has 0 bridgehead atoms. The van der Waals surface area contributed by atoms with Crippen LogP contribution >= 0.6 is 11.8 Å². The van der Waals surface area contributed by atoms with E-state index in [2.05, 4.69) is 36.2 Å². The summed E-state index contributed by atoms with van der Waals surface area (Å²) in [7, 11) is 0. The number of benzene rings is 1. The van der Waals surface area contributed by atoms with Gasteiger partial charge >= 0.3 is 0 Å². The van der Waals surface area contributed by atoms with Crippen molar-refractivity contribution < 1.29 is 0 Å². The van der Waals surface area contributed by atoms with Gasteiger partial charge in [-0.3, -0.25) is 4.99 Å². The van der Waals surface area contributed by atoms with Crippen LogP contribution in [0.25, 0.3) is 0 Å². The van der Waals surface area contributed by atoms with Crippen LogP contribution in [0.1, 0.15) is 12.5 Å². The van der Waals surface area contributed by atoms with Crippen LogP contribution in [-0.2, 0) is 6.54 Å². The summed E-state index contributed by atoms with van der Waals surface area (Å²) < 4.78 is 0. The van der Waals surface area contributed by atoms with E-state index in [9.17, 15) is 0 Å². The molecule has 0 N–H and O–H groups in total. The van der Waals surface area contributed by atoms with Crippen LogP contribution in [-0.4, -0.2) is 5.04 Å². The zero-order valence-corrected chi connectivity index (χ0v) is 7.19. The molecule has 2 rings (SSSR count). The predicted octanol–water partition coefficient (Wildman–Crippen LogP) is 2.71. The lowest BCUT2D eigenvalue weighted by atomic mass is 10.2. The first kappa shape index (κ1) is 6.92. The highest BCUT2D eigenvalue weighted by atomic mass is 32.2. The number of fused-ring (bicyclic) bond motifs is 1. The summed E-state index contributed by atoms with van der Waals surface area (Å²) in [6.07, 6.45) is 0. The van der Waals surface area contributed by atoms with Gasteiger partial charge in [0.15, 0.2) is 0 Å². The minimum absolute atomic E-state index is 0.856. The van der Waals surface area contributed by atoms with Crippen molar-refractivity contribution in [3.63, 3.8) is 0 Å². The van der Waals surface area contributed by atoms with Gasteiger partial charge in [0, 0.05) is 4.90 Å². The third-order valence-corrected chi connectivity index (χ3v) is 2.75. The molecule has 1 heterocycles. The Morgan fingerprint density at radius 1 is 1.36 bits per heavy atom. The topological polar surface area (TPSA) is 12.4 Å². The Kier molecular flexibility index (Phi) is 1.70. The lowest BCUT2D eigenvalue weighted by Gasteiger charge is -2.11. The molecule has 0 saturated heterocycles. The van der Waals surface area contributed by atoms with E-state index in [4.69, 9.17) is 0 Å². The largest absolute Gasteiger partial charge is 0.278 e. The average molecular weight is 163 g/mol. The molecule has 0 amide bonds. The summed E-state index contributed by atoms with van der Waals surface area (Å²) >= 11 is 1.76. The molecule has 0 atom stereocenters. The number of hydrogen-bond donors (Lipinski definition) is 0. The van der Waals surface area contributed by atoms with E-state index in [1.165, 1.54) is 15.5 Å². The molecule has 0 aliphatic carbocycles. The van der Waals surface area contributed by atoms with Crippen molar-refractivity contribution in [2.75, 3.05) is 0 Å². The monoisotopic (exact) mass is 163 g/mol. The van der Waals surface area contributed by atoms with E-state index in [1.807, 2.05) is 0 Å². The molecular weight excluding hydrogens is 154 g/mol. The first-order valence-corrected chi connectivity index (χ1v) is 4.45. The van der Waals surface area contributed by atoms with Crippen LogP contribution in [0.5, 0.6) is 0 Å². The van der Waals surface area contributed by atoms with Crippen molar-refractivity contribution in [2.45, 2.75) is 18.4 Å². The summed E-state index contributed by atoms with van der Waals surface area (Å²) in [6.45, 7) is 2.91. The second-order valence-corrected chi connectivity index (χ2v) is 3.78. The molecule has 1 aliphatic heterocycles. The van der Waals surface area contributed by atoms with Gasteiger partial charge in [0.25, 0.3) is 0 Å². The third kappa shape index (κ3) is 1.31. The van der Waals surface area contributed by atoms with Crippen LogP contribution in [0.2, 0.25) is 0 Å². The van der Waals surface area contributed by atoms with E-state index in [1.54, 1.807) is 11.8 Å². The Labute approximate surface area is 70.5 Å². The van der Waals surface area contributed by atoms with Crippen LogP contribution in [0.3, 0.4) is 0 Å². The summed E-state index contributed by atoms with van der Waals surface area (Å²) in [5.41, 5.74) is 1.35. The first-order valence-electron chi connectivity index (χ1n) is 3.63. The second kappa shape index (κ2) is 2.70. The number of nitrogens with zero attached hydrogens (tertiary/aromatic N) is 1. The fourth-order valence-corrected chi connectivity index (χ4v) is 1.98. The van der Waals surface area contributed by atoms with Crippen molar-refractivity contribution in [2.24, 2.45) is 4.99 Å². The van der Waals surface area contributed by atoms with E-state index in [0.29, 0.717) is 0 Å². The molecular formula is C9H9NS. The van der Waals surface area contributed by atoms with Gasteiger partial charge in [-0.05, 0) is 18.6 Å². The Balaban J connectivity index is 2.42. The van der Waals surface area contributed by atoms with E-state index in [-0.39, 0.29) is 0 Å². The lowest BCUT2D eigenvalue weighted by molar-refractivity contribution is 1.02. The fourth-order valence-electron chi connectivity index (χ4n) is 1.12. The van der Waals surface area contributed by atoms with Crippen molar-refractivity contribution in [3.8, 4) is 0 Å². The molecule has 0 fully saturated rings. The van der Waals surface area contributed by atoms with Crippen LogP contribution < -0.4 is 0 Å². The van der Waals surface area contributed by atoms with Gasteiger partial charge in [-0.25, -0.2) is 0 Å². The maximum absolute atomic E-state index is 4.35. The van der Waals surface area contributed by atoms with Gasteiger partial charge in [0.1, 0.15) is 0 Å². The molecule has 56 valence electrons. The van der Waals surface area contributed by atoms with Gasteiger partial charge in [0.2, 0.25) is 0 Å². The Morgan fingerprint density at radius 2 is 2.18 bits per heavy atom. The molecule has 11 heavy (non-hydrogen) atoms. The SMILES string of the molecule is CC1=NCc2ccccc2S1. The van der Waals surface area contributed by atoms with E-state index < -0.39 is 0 Å². The maximum atomic E-state index is 4.35. The van der Waals surface area contributed by atoms with Crippen molar-refractivity contribution in [3.05, 3.63) is 29.8 Å². The van der Waals surface area contributed by atoms with Gasteiger partial charge in [-0.2, -0.15) is 0 Å². The molecule has 0 spiro atoms. The number of thioether (sulfide) groups is 1. The minimum Gasteiger partial charge on any atom is -0.278 e. The average Bonchev–Trinajstić information content (AvgIpc) is 2.04. The predicted molar refractivity (Wildman–Crippen MR) is 49.1 cm³/mol. The van der Waals surface area contributed by atoms with Crippen LogP contribution in [0, 0.1) is 0 Å². The second-order valence-electron chi connectivity index (χ2n) is 2.55. The van der Waals surface area contributed by atoms with Gasteiger partial charge in [0.05, 0.1) is 11.6 Å². The molecule has 1 aromatic rings. The van der Waals surface area contributed by atoms with Crippen molar-refractivity contribution in [1.29, 1.82) is 0 Å². The van der Waals surface area contributed by atoms with Gasteiger partial charge in [-0.1, -0.05) is 30.0 Å². The fraction of sp³-hybridized carbons (Fsp3) is 0.222. The first-order chi connectivity index (χ1) is 5.36. The molecule has 1 aliphatic rings. The Morgan fingerprint density at radius 3 is 3.09 bits per heavy atom. The van der Waals surface area contributed by atoms with E-state index >= 15 is 0 Å². The summed E-state index contributed by atoms with van der Waals surface area (Å²) in [4.78, 5) is 5.71. The number of aliphatic imine (C=N–C) groups is 1. The van der Waals surface area contributed by atoms with Crippen LogP contribution in [0.4, 0.5) is 0 Å². The smallest absolute Gasteiger partial charge is 0.0696 e. The molecule has 1 nitrogen and oxygen atoms in total. The maximum Gasteiger partial charge on any atom is 0.0696 e. The lowest BCUT2D eigenvalue weighted by Crippen LogP contribution is -1.96. The van der Waals surface area contributed by atoms with Gasteiger partial charge < -0.3 is 0 Å². The van der Waals surface area contributed by atoms with Crippen molar-refractivity contribution >= 4 is 16.8 Å². The molecule has 2 heteroatoms. The molecule has 0 unspecified atom stereocenters.